The molecule has 1 aromatic heterocycles. The first-order valence-electron chi connectivity index (χ1n) is 7.63. The van der Waals surface area contributed by atoms with Gasteiger partial charge in [0.1, 0.15) is 0 Å². The molecule has 1 heterocycles. The van der Waals surface area contributed by atoms with E-state index < -0.39 is 6.10 Å². The van der Waals surface area contributed by atoms with Crippen LogP contribution in [0.5, 0.6) is 0 Å². The number of nitrogens with zero attached hydrogens (tertiary/aromatic N) is 2. The highest BCUT2D eigenvalue weighted by Gasteiger charge is 2.40. The summed E-state index contributed by atoms with van der Waals surface area (Å²) in [4.78, 5) is 13.6. The third-order valence-electron chi connectivity index (χ3n) is 5.06. The van der Waals surface area contributed by atoms with Gasteiger partial charge in [-0.25, -0.2) is 0 Å². The van der Waals surface area contributed by atoms with E-state index in [1.165, 1.54) is 43.1 Å². The van der Waals surface area contributed by atoms with Gasteiger partial charge in [0.15, 0.2) is 5.00 Å². The molecule has 0 aromatic carbocycles. The zero-order valence-corrected chi connectivity index (χ0v) is 13.3. The number of rotatable bonds is 5. The van der Waals surface area contributed by atoms with Crippen molar-refractivity contribution in [1.82, 2.24) is 0 Å². The number of aliphatic hydroxyl groups excluding tert-OH is 1. The highest BCUT2D eigenvalue weighted by Crippen LogP contribution is 2.49. The Morgan fingerprint density at radius 1 is 1.52 bits per heavy atom. The third kappa shape index (κ3) is 2.79. The third-order valence-corrected chi connectivity index (χ3v) is 6.47. The Bertz CT molecular complexity index is 543. The lowest BCUT2D eigenvalue weighted by Gasteiger charge is -2.27. The zero-order chi connectivity index (χ0) is 15.1. The van der Waals surface area contributed by atoms with Crippen LogP contribution < -0.4 is 4.90 Å². The Labute approximate surface area is 128 Å². The fourth-order valence-electron chi connectivity index (χ4n) is 4.03. The number of hydrogen-bond donors (Lipinski definition) is 1. The molecular weight excluding hydrogens is 288 g/mol. The molecule has 2 saturated carbocycles. The van der Waals surface area contributed by atoms with Crippen LogP contribution in [0, 0.1) is 27.9 Å². The molecule has 0 aliphatic heterocycles. The van der Waals surface area contributed by atoms with Gasteiger partial charge in [-0.15, -0.1) is 11.3 Å². The zero-order valence-electron chi connectivity index (χ0n) is 12.5. The summed E-state index contributed by atoms with van der Waals surface area (Å²) in [5.74, 6) is 2.37. The molecule has 1 aromatic rings. The van der Waals surface area contributed by atoms with Crippen LogP contribution in [0.4, 0.5) is 10.7 Å². The normalized spacial score (nSPS) is 28.8. The molecule has 3 rings (SSSR count). The monoisotopic (exact) mass is 310 g/mol. The van der Waals surface area contributed by atoms with Crippen molar-refractivity contribution in [3.8, 4) is 0 Å². The quantitative estimate of drug-likeness (QED) is 0.667. The summed E-state index contributed by atoms with van der Waals surface area (Å²) in [5.41, 5.74) is 0.126. The minimum absolute atomic E-state index is 0.126. The second-order valence-electron chi connectivity index (χ2n) is 6.59. The lowest BCUT2D eigenvalue weighted by molar-refractivity contribution is -0.383. The number of anilines is 1. The van der Waals surface area contributed by atoms with Crippen LogP contribution in [0.2, 0.25) is 0 Å². The van der Waals surface area contributed by atoms with E-state index in [2.05, 4.69) is 0 Å². The van der Waals surface area contributed by atoms with Crippen molar-refractivity contribution in [3.63, 3.8) is 0 Å². The van der Waals surface area contributed by atoms with E-state index in [9.17, 15) is 15.2 Å². The topological polar surface area (TPSA) is 66.6 Å². The standard InChI is InChI=1S/C15H22N2O3S/c1-9(18)14-7-13(17(19)20)15(21-14)16(2)8-12-6-10-3-4-11(12)5-10/h7,9-12,18H,3-6,8H2,1-2H3/t9-,10?,11?,12?/m1/s1. The van der Waals surface area contributed by atoms with Crippen molar-refractivity contribution in [1.29, 1.82) is 0 Å². The van der Waals surface area contributed by atoms with Gasteiger partial charge >= 0.3 is 5.69 Å². The molecular formula is C15H22N2O3S. The van der Waals surface area contributed by atoms with Gasteiger partial charge in [-0.05, 0) is 43.9 Å². The van der Waals surface area contributed by atoms with Crippen LogP contribution in [-0.2, 0) is 0 Å². The van der Waals surface area contributed by atoms with Crippen molar-refractivity contribution in [3.05, 3.63) is 21.1 Å². The molecule has 0 radical (unpaired) electrons. The molecule has 21 heavy (non-hydrogen) atoms. The number of thiophene rings is 1. The number of aliphatic hydroxyl groups is 1. The fourth-order valence-corrected chi connectivity index (χ4v) is 5.07. The van der Waals surface area contributed by atoms with Gasteiger partial charge in [-0.3, -0.25) is 10.1 Å². The Balaban J connectivity index is 1.77. The molecule has 2 fully saturated rings. The maximum atomic E-state index is 11.2. The smallest absolute Gasteiger partial charge is 0.304 e. The molecule has 0 saturated heterocycles. The SMILES string of the molecule is C[C@@H](O)c1cc([N+](=O)[O-])c(N(C)CC2CC3CCC2C3)s1. The minimum atomic E-state index is -0.654. The lowest BCUT2D eigenvalue weighted by atomic mass is 9.88. The van der Waals surface area contributed by atoms with E-state index in [4.69, 9.17) is 0 Å². The van der Waals surface area contributed by atoms with E-state index in [1.54, 1.807) is 6.92 Å². The van der Waals surface area contributed by atoms with Crippen LogP contribution >= 0.6 is 11.3 Å². The Morgan fingerprint density at radius 3 is 2.81 bits per heavy atom. The van der Waals surface area contributed by atoms with E-state index in [0.29, 0.717) is 15.8 Å². The Hall–Kier alpha value is -1.14. The molecule has 6 heteroatoms. The van der Waals surface area contributed by atoms with Gasteiger partial charge in [0, 0.05) is 24.5 Å². The molecule has 0 amide bonds. The summed E-state index contributed by atoms with van der Waals surface area (Å²) in [6.45, 7) is 2.54. The molecule has 2 bridgehead atoms. The first-order valence-corrected chi connectivity index (χ1v) is 8.44. The largest absolute Gasteiger partial charge is 0.388 e. The predicted octanol–water partition coefficient (Wildman–Crippen LogP) is 3.58. The second kappa shape index (κ2) is 5.57. The van der Waals surface area contributed by atoms with Gasteiger partial charge in [-0.2, -0.15) is 0 Å². The predicted molar refractivity (Wildman–Crippen MR) is 83.8 cm³/mol. The van der Waals surface area contributed by atoms with E-state index in [1.807, 2.05) is 11.9 Å². The first kappa shape index (κ1) is 14.8. The van der Waals surface area contributed by atoms with Crippen LogP contribution in [0.25, 0.3) is 0 Å². The minimum Gasteiger partial charge on any atom is -0.388 e. The average molecular weight is 310 g/mol. The highest BCUT2D eigenvalue weighted by atomic mass is 32.1. The molecule has 4 atom stereocenters. The summed E-state index contributed by atoms with van der Waals surface area (Å²) >= 11 is 1.34. The lowest BCUT2D eigenvalue weighted by Crippen LogP contribution is -2.28. The van der Waals surface area contributed by atoms with Crippen molar-refractivity contribution in [2.75, 3.05) is 18.5 Å². The second-order valence-corrected chi connectivity index (χ2v) is 7.65. The maximum absolute atomic E-state index is 11.2. The molecule has 5 nitrogen and oxygen atoms in total. The van der Waals surface area contributed by atoms with Crippen LogP contribution in [0.15, 0.2) is 6.07 Å². The average Bonchev–Trinajstić information content (AvgIpc) is 3.12. The molecule has 116 valence electrons. The van der Waals surface area contributed by atoms with Gasteiger partial charge < -0.3 is 10.0 Å². The molecule has 0 spiro atoms. The van der Waals surface area contributed by atoms with Crippen LogP contribution in [0.3, 0.4) is 0 Å². The number of hydrogen-bond acceptors (Lipinski definition) is 5. The Kier molecular flexibility index (Phi) is 3.92. The van der Waals surface area contributed by atoms with Crippen molar-refractivity contribution in [2.24, 2.45) is 17.8 Å². The summed E-state index contributed by atoms with van der Waals surface area (Å²) in [6, 6.07) is 1.52. The van der Waals surface area contributed by atoms with Gasteiger partial charge in [-0.1, -0.05) is 6.42 Å². The van der Waals surface area contributed by atoms with Gasteiger partial charge in [0.2, 0.25) is 0 Å². The summed E-state index contributed by atoms with van der Waals surface area (Å²) in [6.07, 6.45) is 4.67. The summed E-state index contributed by atoms with van der Waals surface area (Å²) in [5, 5.41) is 21.6. The maximum Gasteiger partial charge on any atom is 0.304 e. The van der Waals surface area contributed by atoms with Crippen molar-refractivity contribution >= 4 is 22.0 Å². The molecule has 3 unspecified atom stereocenters. The van der Waals surface area contributed by atoms with Crippen molar-refractivity contribution in [2.45, 2.75) is 38.7 Å². The van der Waals surface area contributed by atoms with Crippen LogP contribution in [0.1, 0.15) is 43.6 Å². The molecule has 2 aliphatic carbocycles. The van der Waals surface area contributed by atoms with E-state index in [0.717, 1.165) is 18.4 Å². The summed E-state index contributed by atoms with van der Waals surface area (Å²) < 4.78 is 0. The van der Waals surface area contributed by atoms with Crippen LogP contribution in [-0.4, -0.2) is 23.6 Å². The van der Waals surface area contributed by atoms with Gasteiger partial charge in [0.05, 0.1) is 11.0 Å². The van der Waals surface area contributed by atoms with E-state index >= 15 is 0 Å². The molecule has 1 N–H and O–H groups in total. The highest BCUT2D eigenvalue weighted by molar-refractivity contribution is 7.16. The number of nitro groups is 1. The van der Waals surface area contributed by atoms with E-state index in [-0.39, 0.29) is 10.6 Å². The van der Waals surface area contributed by atoms with Gasteiger partial charge in [0.25, 0.3) is 0 Å². The van der Waals surface area contributed by atoms with Crippen molar-refractivity contribution < 1.29 is 10.0 Å². The fraction of sp³-hybridized carbons (Fsp3) is 0.733. The Morgan fingerprint density at radius 2 is 2.29 bits per heavy atom. The summed E-state index contributed by atoms with van der Waals surface area (Å²) in [7, 11) is 1.94. The number of fused-ring (bicyclic) bond motifs is 2. The molecule has 2 aliphatic rings. The first-order chi connectivity index (χ1) is 9.95.